The van der Waals surface area contributed by atoms with Gasteiger partial charge in [0.15, 0.2) is 0 Å². The summed E-state index contributed by atoms with van der Waals surface area (Å²) in [7, 11) is 0. The predicted molar refractivity (Wildman–Crippen MR) is 70.9 cm³/mol. The van der Waals surface area contributed by atoms with Gasteiger partial charge in [-0.2, -0.15) is 0 Å². The van der Waals surface area contributed by atoms with Crippen LogP contribution >= 0.6 is 31.9 Å². The van der Waals surface area contributed by atoms with Crippen LogP contribution in [0.25, 0.3) is 0 Å². The summed E-state index contributed by atoms with van der Waals surface area (Å²) in [5.41, 5.74) is 1.10. The largest absolute Gasteiger partial charge is 0.296 e. The minimum atomic E-state index is 0.156. The van der Waals surface area contributed by atoms with Crippen molar-refractivity contribution in [1.29, 1.82) is 0 Å². The summed E-state index contributed by atoms with van der Waals surface area (Å²) in [5.74, 6) is 1.29. The van der Waals surface area contributed by atoms with Gasteiger partial charge in [-0.1, -0.05) is 15.9 Å². The van der Waals surface area contributed by atoms with E-state index in [4.69, 9.17) is 0 Å². The summed E-state index contributed by atoms with van der Waals surface area (Å²) >= 11 is 6.92. The third-order valence-corrected chi connectivity index (χ3v) is 4.64. The van der Waals surface area contributed by atoms with Gasteiger partial charge in [0, 0.05) is 24.5 Å². The molecule has 1 aliphatic heterocycles. The molecular formula is C11H12Br2N2O. The Hall–Kier alpha value is -0.420. The molecule has 2 rings (SSSR count). The number of carbonyl (C=O) groups is 1. The van der Waals surface area contributed by atoms with E-state index < -0.39 is 0 Å². The van der Waals surface area contributed by atoms with Crippen molar-refractivity contribution in [2.75, 3.05) is 16.8 Å². The van der Waals surface area contributed by atoms with Gasteiger partial charge in [0.05, 0.1) is 4.47 Å². The Morgan fingerprint density at radius 1 is 1.62 bits per heavy atom. The zero-order valence-electron chi connectivity index (χ0n) is 8.91. The molecule has 0 radical (unpaired) electrons. The zero-order valence-corrected chi connectivity index (χ0v) is 12.1. The molecule has 0 bridgehead atoms. The second-order valence-corrected chi connectivity index (χ2v) is 5.43. The number of amides is 1. The molecule has 1 aromatic rings. The lowest BCUT2D eigenvalue weighted by atomic mass is 10.2. The molecule has 1 amide bonds. The molecule has 3 nitrogen and oxygen atoms in total. The number of halogens is 2. The van der Waals surface area contributed by atoms with Crippen molar-refractivity contribution in [2.45, 2.75) is 13.3 Å². The van der Waals surface area contributed by atoms with E-state index in [-0.39, 0.29) is 5.91 Å². The van der Waals surface area contributed by atoms with E-state index >= 15 is 0 Å². The SMILES string of the molecule is Cc1ccnc(N2CC(CBr)CC2=O)c1Br. The fraction of sp³-hybridized carbons (Fsp3) is 0.455. The summed E-state index contributed by atoms with van der Waals surface area (Å²) in [6.45, 7) is 2.75. The third kappa shape index (κ3) is 2.15. The number of pyridine rings is 1. The highest BCUT2D eigenvalue weighted by Gasteiger charge is 2.31. The van der Waals surface area contributed by atoms with Gasteiger partial charge in [-0.25, -0.2) is 4.98 Å². The molecule has 0 aromatic carbocycles. The molecule has 16 heavy (non-hydrogen) atoms. The Labute approximate surface area is 111 Å². The quantitative estimate of drug-likeness (QED) is 0.771. The minimum absolute atomic E-state index is 0.156. The average molecular weight is 348 g/mol. The Bertz CT molecular complexity index is 422. The number of rotatable bonds is 2. The molecule has 0 spiro atoms. The smallest absolute Gasteiger partial charge is 0.228 e. The zero-order chi connectivity index (χ0) is 11.7. The van der Waals surface area contributed by atoms with E-state index in [1.807, 2.05) is 13.0 Å². The molecule has 1 atom stereocenters. The maximum atomic E-state index is 11.9. The molecule has 0 aliphatic carbocycles. The summed E-state index contributed by atoms with van der Waals surface area (Å²) < 4.78 is 0.915. The molecule has 2 heterocycles. The van der Waals surface area contributed by atoms with E-state index in [1.54, 1.807) is 11.1 Å². The normalized spacial score (nSPS) is 20.6. The second kappa shape index (κ2) is 4.84. The number of aromatic nitrogens is 1. The maximum Gasteiger partial charge on any atom is 0.228 e. The monoisotopic (exact) mass is 346 g/mol. The van der Waals surface area contributed by atoms with E-state index in [0.29, 0.717) is 12.3 Å². The third-order valence-electron chi connectivity index (χ3n) is 2.74. The number of nitrogens with zero attached hydrogens (tertiary/aromatic N) is 2. The van der Waals surface area contributed by atoms with Crippen molar-refractivity contribution >= 4 is 43.6 Å². The fourth-order valence-electron chi connectivity index (χ4n) is 1.80. The van der Waals surface area contributed by atoms with Crippen LogP contribution in [0.2, 0.25) is 0 Å². The van der Waals surface area contributed by atoms with Gasteiger partial charge in [-0.05, 0) is 40.4 Å². The van der Waals surface area contributed by atoms with Crippen LogP contribution < -0.4 is 4.90 Å². The van der Waals surface area contributed by atoms with Gasteiger partial charge in [0.1, 0.15) is 5.82 Å². The number of hydrogen-bond donors (Lipinski definition) is 0. The van der Waals surface area contributed by atoms with E-state index in [9.17, 15) is 4.79 Å². The molecular weight excluding hydrogens is 336 g/mol. The summed E-state index contributed by atoms with van der Waals surface area (Å²) in [6, 6.07) is 1.93. The fourth-order valence-corrected chi connectivity index (χ4v) is 2.69. The van der Waals surface area contributed by atoms with Gasteiger partial charge in [-0.15, -0.1) is 0 Å². The molecule has 1 unspecified atom stereocenters. The molecule has 86 valence electrons. The number of aryl methyl sites for hydroxylation is 1. The van der Waals surface area contributed by atoms with Crippen LogP contribution in [0.1, 0.15) is 12.0 Å². The van der Waals surface area contributed by atoms with Gasteiger partial charge in [0.25, 0.3) is 0 Å². The standard InChI is InChI=1S/C11H12Br2N2O/c1-7-2-3-14-11(10(7)13)15-6-8(5-12)4-9(15)16/h2-3,8H,4-6H2,1H3. The van der Waals surface area contributed by atoms with E-state index in [2.05, 4.69) is 36.8 Å². The number of alkyl halides is 1. The first-order valence-electron chi connectivity index (χ1n) is 5.11. The van der Waals surface area contributed by atoms with Gasteiger partial charge < -0.3 is 0 Å². The van der Waals surface area contributed by atoms with Crippen LogP contribution in [0.5, 0.6) is 0 Å². The Balaban J connectivity index is 2.31. The van der Waals surface area contributed by atoms with Crippen LogP contribution in [0.15, 0.2) is 16.7 Å². The lowest BCUT2D eigenvalue weighted by Gasteiger charge is -2.17. The molecule has 5 heteroatoms. The lowest BCUT2D eigenvalue weighted by Crippen LogP contribution is -2.26. The number of anilines is 1. The molecule has 1 fully saturated rings. The second-order valence-electron chi connectivity index (χ2n) is 3.99. The first-order chi connectivity index (χ1) is 7.63. The Morgan fingerprint density at radius 3 is 3.00 bits per heavy atom. The average Bonchev–Trinajstić information content (AvgIpc) is 2.64. The van der Waals surface area contributed by atoms with E-state index in [1.165, 1.54) is 0 Å². The first-order valence-corrected chi connectivity index (χ1v) is 7.02. The predicted octanol–water partition coefficient (Wildman–Crippen LogP) is 2.90. The van der Waals surface area contributed by atoms with Gasteiger partial charge in [-0.3, -0.25) is 9.69 Å². The van der Waals surface area contributed by atoms with Crippen LogP contribution in [-0.2, 0) is 4.79 Å². The Morgan fingerprint density at radius 2 is 2.38 bits per heavy atom. The first kappa shape index (κ1) is 12.0. The highest BCUT2D eigenvalue weighted by molar-refractivity contribution is 9.10. The lowest BCUT2D eigenvalue weighted by molar-refractivity contribution is -0.117. The topological polar surface area (TPSA) is 33.2 Å². The van der Waals surface area contributed by atoms with Crippen molar-refractivity contribution in [3.8, 4) is 0 Å². The Kier molecular flexibility index (Phi) is 3.64. The van der Waals surface area contributed by atoms with Crippen molar-refractivity contribution in [3.05, 3.63) is 22.3 Å². The van der Waals surface area contributed by atoms with Crippen molar-refractivity contribution in [2.24, 2.45) is 5.92 Å². The van der Waals surface area contributed by atoms with Crippen molar-refractivity contribution < 1.29 is 4.79 Å². The summed E-state index contributed by atoms with van der Waals surface area (Å²) in [4.78, 5) is 17.9. The van der Waals surface area contributed by atoms with Gasteiger partial charge >= 0.3 is 0 Å². The maximum absolute atomic E-state index is 11.9. The van der Waals surface area contributed by atoms with Crippen LogP contribution in [0.3, 0.4) is 0 Å². The molecule has 0 N–H and O–H groups in total. The molecule has 0 saturated carbocycles. The molecule has 1 aliphatic rings. The molecule has 1 aromatic heterocycles. The summed E-state index contributed by atoms with van der Waals surface area (Å²) in [6.07, 6.45) is 2.34. The van der Waals surface area contributed by atoms with Gasteiger partial charge in [0.2, 0.25) is 5.91 Å². The number of hydrogen-bond acceptors (Lipinski definition) is 2. The highest BCUT2D eigenvalue weighted by atomic mass is 79.9. The van der Waals surface area contributed by atoms with E-state index in [0.717, 1.165) is 27.7 Å². The van der Waals surface area contributed by atoms with Crippen LogP contribution in [-0.4, -0.2) is 22.8 Å². The van der Waals surface area contributed by atoms with Crippen molar-refractivity contribution in [3.63, 3.8) is 0 Å². The van der Waals surface area contributed by atoms with Crippen molar-refractivity contribution in [1.82, 2.24) is 4.98 Å². The highest BCUT2D eigenvalue weighted by Crippen LogP contribution is 2.31. The minimum Gasteiger partial charge on any atom is -0.296 e. The van der Waals surface area contributed by atoms with Crippen LogP contribution in [0, 0.1) is 12.8 Å². The number of carbonyl (C=O) groups excluding carboxylic acids is 1. The van der Waals surface area contributed by atoms with Crippen LogP contribution in [0.4, 0.5) is 5.82 Å². The summed E-state index contributed by atoms with van der Waals surface area (Å²) in [5, 5.41) is 0.860. The molecule has 1 saturated heterocycles.